The van der Waals surface area contributed by atoms with Gasteiger partial charge in [0.2, 0.25) is 0 Å². The number of hydrogen-bond donors (Lipinski definition) is 0. The van der Waals surface area contributed by atoms with E-state index in [1.807, 2.05) is 0 Å². The molecule has 0 aromatic rings. The number of amides is 1. The van der Waals surface area contributed by atoms with E-state index >= 15 is 0 Å². The van der Waals surface area contributed by atoms with Crippen molar-refractivity contribution in [2.45, 2.75) is 19.3 Å². The van der Waals surface area contributed by atoms with Crippen LogP contribution in [0.4, 0.5) is 0 Å². The van der Waals surface area contributed by atoms with Crippen LogP contribution in [-0.4, -0.2) is 35.9 Å². The van der Waals surface area contributed by atoms with Crippen molar-refractivity contribution in [1.82, 2.24) is 4.90 Å². The summed E-state index contributed by atoms with van der Waals surface area (Å²) in [6.07, 6.45) is 1.99. The lowest BCUT2D eigenvalue weighted by atomic mass is 9.92. The fourth-order valence-corrected chi connectivity index (χ4v) is 2.58. The summed E-state index contributed by atoms with van der Waals surface area (Å²) < 4.78 is 0. The predicted molar refractivity (Wildman–Crippen MR) is 54.4 cm³/mol. The Hall–Kier alpha value is -1.45. The molecule has 78 valence electrons. The van der Waals surface area contributed by atoms with Crippen LogP contribution in [0.25, 0.3) is 0 Å². The van der Waals surface area contributed by atoms with Crippen LogP contribution in [0.5, 0.6) is 0 Å². The minimum atomic E-state index is -0.0841. The van der Waals surface area contributed by atoms with Gasteiger partial charge in [-0.1, -0.05) is 0 Å². The molecule has 0 bridgehead atoms. The fraction of sp³-hybridized carbons (Fsp3) is 0.545. The summed E-state index contributed by atoms with van der Waals surface area (Å²) in [6.45, 7) is 0.610. The minimum absolute atomic E-state index is 0.0486. The Morgan fingerprint density at radius 2 is 2.13 bits per heavy atom. The second-order valence-electron chi connectivity index (χ2n) is 4.41. The fourth-order valence-electron chi connectivity index (χ4n) is 2.58. The molecule has 1 aliphatic carbocycles. The van der Waals surface area contributed by atoms with Gasteiger partial charge in [0.15, 0.2) is 0 Å². The van der Waals surface area contributed by atoms with E-state index in [1.54, 1.807) is 11.9 Å². The predicted octanol–water partition coefficient (Wildman–Crippen LogP) is 0.536. The van der Waals surface area contributed by atoms with Crippen LogP contribution in [0.1, 0.15) is 19.3 Å². The molecule has 0 N–H and O–H groups in total. The smallest absolute Gasteiger partial charge is 0.251 e. The highest BCUT2D eigenvalue weighted by Crippen LogP contribution is 2.35. The van der Waals surface area contributed by atoms with Gasteiger partial charge in [0.1, 0.15) is 5.78 Å². The van der Waals surface area contributed by atoms with E-state index in [4.69, 9.17) is 0 Å². The lowest BCUT2D eigenvalue weighted by Gasteiger charge is -2.15. The van der Waals surface area contributed by atoms with Gasteiger partial charge in [-0.05, 0) is 12.8 Å². The molecular weight excluding hydrogens is 192 g/mol. The highest BCUT2D eigenvalue weighted by Gasteiger charge is 2.40. The van der Waals surface area contributed by atoms with Gasteiger partial charge in [0.25, 0.3) is 5.91 Å². The van der Waals surface area contributed by atoms with Crippen molar-refractivity contribution in [2.75, 3.05) is 13.6 Å². The summed E-state index contributed by atoms with van der Waals surface area (Å²) in [5, 5.41) is 0. The van der Waals surface area contributed by atoms with Crippen LogP contribution in [0.3, 0.4) is 0 Å². The van der Waals surface area contributed by atoms with Gasteiger partial charge < -0.3 is 4.90 Å². The van der Waals surface area contributed by atoms with E-state index < -0.39 is 0 Å². The van der Waals surface area contributed by atoms with Crippen LogP contribution >= 0.6 is 0 Å². The Balaban J connectivity index is 2.00. The number of nitrogens with zero attached hydrogens (tertiary/aromatic N) is 2. The number of rotatable bonds is 0. The molecule has 0 radical (unpaired) electrons. The highest BCUT2D eigenvalue weighted by molar-refractivity contribution is 6.14. The van der Waals surface area contributed by atoms with Crippen LogP contribution in [-0.2, 0) is 9.59 Å². The zero-order chi connectivity index (χ0) is 10.6. The molecule has 1 saturated carbocycles. The summed E-state index contributed by atoms with van der Waals surface area (Å²) in [4.78, 5) is 29.4. The molecule has 0 spiro atoms. The van der Waals surface area contributed by atoms with E-state index in [9.17, 15) is 9.59 Å². The maximum atomic E-state index is 11.7. The SMILES string of the molecule is CN1CC2=C(CC3C(=O)CCC3=N2)C1=O. The van der Waals surface area contributed by atoms with Crippen LogP contribution < -0.4 is 0 Å². The molecular formula is C11H12N2O2. The van der Waals surface area contributed by atoms with Gasteiger partial charge in [-0.3, -0.25) is 14.6 Å². The van der Waals surface area contributed by atoms with Gasteiger partial charge in [-0.25, -0.2) is 0 Å². The highest BCUT2D eigenvalue weighted by atomic mass is 16.2. The van der Waals surface area contributed by atoms with E-state index in [-0.39, 0.29) is 17.6 Å². The molecule has 0 aromatic carbocycles. The molecule has 1 atom stereocenters. The molecule has 1 unspecified atom stereocenters. The van der Waals surface area contributed by atoms with Crippen molar-refractivity contribution in [3.63, 3.8) is 0 Å². The Morgan fingerprint density at radius 3 is 2.93 bits per heavy atom. The Labute approximate surface area is 87.7 Å². The summed E-state index contributed by atoms with van der Waals surface area (Å²) in [6, 6.07) is 0. The molecule has 2 aliphatic heterocycles. The third-order valence-electron chi connectivity index (χ3n) is 3.45. The second kappa shape index (κ2) is 2.78. The Bertz CT molecular complexity index is 434. The average molecular weight is 204 g/mol. The summed E-state index contributed by atoms with van der Waals surface area (Å²) in [5.41, 5.74) is 2.66. The minimum Gasteiger partial charge on any atom is -0.336 e. The van der Waals surface area contributed by atoms with Crippen molar-refractivity contribution in [2.24, 2.45) is 10.9 Å². The van der Waals surface area contributed by atoms with Crippen molar-refractivity contribution < 1.29 is 9.59 Å². The number of ketones is 1. The second-order valence-corrected chi connectivity index (χ2v) is 4.41. The van der Waals surface area contributed by atoms with Crippen molar-refractivity contribution in [1.29, 1.82) is 0 Å². The lowest BCUT2D eigenvalue weighted by molar-refractivity contribution is -0.124. The maximum absolute atomic E-state index is 11.7. The summed E-state index contributed by atoms with van der Waals surface area (Å²) >= 11 is 0. The largest absolute Gasteiger partial charge is 0.336 e. The molecule has 15 heavy (non-hydrogen) atoms. The average Bonchev–Trinajstić information content (AvgIpc) is 2.69. The Kier molecular flexibility index (Phi) is 1.63. The van der Waals surface area contributed by atoms with Crippen molar-refractivity contribution in [3.8, 4) is 0 Å². The molecule has 4 nitrogen and oxygen atoms in total. The molecule has 3 aliphatic rings. The number of fused-ring (bicyclic) bond motifs is 1. The van der Waals surface area contributed by atoms with Crippen LogP contribution in [0.15, 0.2) is 16.3 Å². The molecule has 1 amide bonds. The van der Waals surface area contributed by atoms with Gasteiger partial charge in [0.05, 0.1) is 18.2 Å². The quantitative estimate of drug-likeness (QED) is 0.578. The summed E-state index contributed by atoms with van der Waals surface area (Å²) in [5.74, 6) is 0.217. The normalized spacial score (nSPS) is 29.5. The molecule has 1 fully saturated rings. The number of Topliss-reactive ketones (excluding diaryl/α,β-unsaturated/α-hetero) is 1. The zero-order valence-corrected chi connectivity index (χ0v) is 8.62. The molecule has 4 heteroatoms. The zero-order valence-electron chi connectivity index (χ0n) is 8.62. The first-order valence-corrected chi connectivity index (χ1v) is 5.24. The third-order valence-corrected chi connectivity index (χ3v) is 3.45. The van der Waals surface area contributed by atoms with E-state index in [0.717, 1.165) is 23.4 Å². The number of aliphatic imine (C=N–C) groups is 1. The first kappa shape index (κ1) is 8.83. The molecule has 0 saturated heterocycles. The first-order valence-electron chi connectivity index (χ1n) is 5.24. The van der Waals surface area contributed by atoms with E-state index in [1.165, 1.54) is 0 Å². The first-order chi connectivity index (χ1) is 7.16. The number of likely N-dealkylation sites (N-methyl/N-ethyl adjacent to an activating group) is 1. The molecule has 0 aromatic heterocycles. The number of carbonyl (C=O) groups is 2. The van der Waals surface area contributed by atoms with Gasteiger partial charge >= 0.3 is 0 Å². The van der Waals surface area contributed by atoms with Crippen molar-refractivity contribution >= 4 is 17.4 Å². The van der Waals surface area contributed by atoms with Crippen molar-refractivity contribution in [3.05, 3.63) is 11.3 Å². The standard InChI is InChI=1S/C11H12N2O2/c1-13-5-9-7(11(13)15)4-6-8(12-9)2-3-10(6)14/h6H,2-5H2,1H3. The number of carbonyl (C=O) groups excluding carboxylic acids is 2. The molecule has 2 heterocycles. The van der Waals surface area contributed by atoms with Gasteiger partial charge in [-0.15, -0.1) is 0 Å². The van der Waals surface area contributed by atoms with Crippen LogP contribution in [0.2, 0.25) is 0 Å². The topological polar surface area (TPSA) is 49.7 Å². The monoisotopic (exact) mass is 204 g/mol. The van der Waals surface area contributed by atoms with E-state index in [2.05, 4.69) is 4.99 Å². The van der Waals surface area contributed by atoms with Gasteiger partial charge in [0, 0.05) is 24.8 Å². The van der Waals surface area contributed by atoms with Gasteiger partial charge in [-0.2, -0.15) is 0 Å². The molecule has 3 rings (SSSR count). The Morgan fingerprint density at radius 1 is 1.33 bits per heavy atom. The third kappa shape index (κ3) is 1.11. The maximum Gasteiger partial charge on any atom is 0.251 e. The van der Waals surface area contributed by atoms with E-state index in [0.29, 0.717) is 19.4 Å². The van der Waals surface area contributed by atoms with Crippen LogP contribution in [0, 0.1) is 5.92 Å². The lowest BCUT2D eigenvalue weighted by Crippen LogP contribution is -2.24. The number of hydrogen-bond acceptors (Lipinski definition) is 3. The summed E-state index contributed by atoms with van der Waals surface area (Å²) in [7, 11) is 1.78.